The number of methoxy groups -OCH3 is 2. The number of ether oxygens (including phenoxy) is 2. The van der Waals surface area contributed by atoms with Crippen molar-refractivity contribution in [1.29, 1.82) is 0 Å². The molecule has 0 N–H and O–H groups in total. The van der Waals surface area contributed by atoms with Gasteiger partial charge in [-0.15, -0.1) is 0 Å². The van der Waals surface area contributed by atoms with Gasteiger partial charge in [0.15, 0.2) is 0 Å². The highest BCUT2D eigenvalue weighted by Crippen LogP contribution is 2.21. The van der Waals surface area contributed by atoms with Crippen LogP contribution in [0.2, 0.25) is 10.3 Å². The van der Waals surface area contributed by atoms with Crippen LogP contribution in [0.25, 0.3) is 0 Å². The Kier molecular flexibility index (Phi) is 5.51. The quantitative estimate of drug-likeness (QED) is 0.602. The predicted molar refractivity (Wildman–Crippen MR) is 98.8 cm³/mol. The van der Waals surface area contributed by atoms with Crippen molar-refractivity contribution in [1.82, 2.24) is 4.57 Å². The number of hydrogen-bond acceptors (Lipinski definition) is 2. The average Bonchev–Trinajstić information content (AvgIpc) is 2.91. The smallest absolute Gasteiger partial charge is 0.255 e. The van der Waals surface area contributed by atoms with Gasteiger partial charge in [0, 0.05) is 0 Å². The molecule has 0 aliphatic rings. The number of imidazole rings is 1. The van der Waals surface area contributed by atoms with Crippen molar-refractivity contribution in [2.24, 2.45) is 0 Å². The summed E-state index contributed by atoms with van der Waals surface area (Å²) < 4.78 is 14.2. The van der Waals surface area contributed by atoms with Gasteiger partial charge < -0.3 is 9.47 Å². The lowest BCUT2D eigenvalue weighted by molar-refractivity contribution is -0.685. The topological polar surface area (TPSA) is 27.3 Å². The Balaban J connectivity index is 1.78. The van der Waals surface area contributed by atoms with Crippen molar-refractivity contribution in [2.45, 2.75) is 13.1 Å². The summed E-state index contributed by atoms with van der Waals surface area (Å²) in [5.74, 6) is 1.66. The van der Waals surface area contributed by atoms with Crippen LogP contribution in [0.3, 0.4) is 0 Å². The Hall–Kier alpha value is -2.17. The molecule has 0 fully saturated rings. The second-order valence-electron chi connectivity index (χ2n) is 5.65. The molecular weight excluding hydrogens is 359 g/mol. The van der Waals surface area contributed by atoms with Crippen LogP contribution in [0.5, 0.6) is 11.5 Å². The number of aromatic nitrogens is 2. The average molecular weight is 378 g/mol. The van der Waals surface area contributed by atoms with E-state index in [1.54, 1.807) is 14.2 Å². The van der Waals surface area contributed by atoms with E-state index in [1.807, 2.05) is 64.0 Å². The van der Waals surface area contributed by atoms with Crippen molar-refractivity contribution < 1.29 is 14.0 Å². The third-order valence-electron chi connectivity index (χ3n) is 3.98. The molecule has 0 aliphatic heterocycles. The van der Waals surface area contributed by atoms with Crippen molar-refractivity contribution in [3.8, 4) is 11.5 Å². The number of nitrogens with zero attached hydrogens (tertiary/aromatic N) is 2. The van der Waals surface area contributed by atoms with Gasteiger partial charge in [0.2, 0.25) is 6.33 Å². The minimum atomic E-state index is 0.519. The molecule has 1 aromatic heterocycles. The fourth-order valence-electron chi connectivity index (χ4n) is 2.58. The van der Waals surface area contributed by atoms with Crippen molar-refractivity contribution in [3.63, 3.8) is 0 Å². The number of benzene rings is 2. The van der Waals surface area contributed by atoms with Crippen molar-refractivity contribution >= 4 is 23.2 Å². The lowest BCUT2D eigenvalue weighted by Gasteiger charge is -2.02. The third-order valence-corrected chi connectivity index (χ3v) is 4.87. The summed E-state index contributed by atoms with van der Waals surface area (Å²) in [4.78, 5) is 0. The molecule has 0 spiro atoms. The molecule has 4 nitrogen and oxygen atoms in total. The SMILES string of the molecule is COc1ccc(Cn2c[n+](Cc3ccc(OC)cc3)c(Cl)c2Cl)cc1. The molecule has 3 rings (SSSR count). The Morgan fingerprint density at radius 3 is 1.88 bits per heavy atom. The highest BCUT2D eigenvalue weighted by molar-refractivity contribution is 6.39. The highest BCUT2D eigenvalue weighted by Gasteiger charge is 2.20. The van der Waals surface area contributed by atoms with Gasteiger partial charge in [-0.1, -0.05) is 24.3 Å². The minimum absolute atomic E-state index is 0.519. The number of hydrogen-bond donors (Lipinski definition) is 0. The van der Waals surface area contributed by atoms with E-state index in [4.69, 9.17) is 32.7 Å². The normalized spacial score (nSPS) is 10.7. The minimum Gasteiger partial charge on any atom is -0.497 e. The molecule has 0 saturated heterocycles. The Morgan fingerprint density at radius 1 is 0.840 bits per heavy atom. The molecule has 2 aromatic carbocycles. The monoisotopic (exact) mass is 377 g/mol. The van der Waals surface area contributed by atoms with Gasteiger partial charge in [-0.3, -0.25) is 0 Å². The van der Waals surface area contributed by atoms with Gasteiger partial charge >= 0.3 is 0 Å². The van der Waals surface area contributed by atoms with E-state index >= 15 is 0 Å². The molecule has 0 atom stereocenters. The van der Waals surface area contributed by atoms with Gasteiger partial charge in [0.25, 0.3) is 10.3 Å². The molecule has 3 aromatic rings. The molecule has 0 saturated carbocycles. The molecule has 6 heteroatoms. The fourth-order valence-corrected chi connectivity index (χ4v) is 3.01. The standard InChI is InChI=1S/C19H19Cl2N2O2/c1-24-16-7-3-14(4-8-16)11-22-13-23(19(21)18(22)20)12-15-5-9-17(25-2)10-6-15/h3-10,13H,11-12H2,1-2H3/q+1. The van der Waals surface area contributed by atoms with Gasteiger partial charge in [0.05, 0.1) is 14.2 Å². The van der Waals surface area contributed by atoms with Crippen molar-refractivity contribution in [2.75, 3.05) is 14.2 Å². The van der Waals surface area contributed by atoms with Crippen LogP contribution in [0.1, 0.15) is 11.1 Å². The lowest BCUT2D eigenvalue weighted by Crippen LogP contribution is -2.33. The van der Waals surface area contributed by atoms with Crippen LogP contribution in [0.4, 0.5) is 0 Å². The predicted octanol–water partition coefficient (Wildman–Crippen LogP) is 4.20. The Labute approximate surface area is 157 Å². The first-order chi connectivity index (χ1) is 12.1. The molecule has 1 heterocycles. The summed E-state index contributed by atoms with van der Waals surface area (Å²) in [6, 6.07) is 15.8. The number of halogens is 2. The molecule has 130 valence electrons. The van der Waals surface area contributed by atoms with Crippen LogP contribution >= 0.6 is 23.2 Å². The third kappa shape index (κ3) is 4.09. The van der Waals surface area contributed by atoms with Gasteiger partial charge in [-0.05, 0) is 58.6 Å². The maximum atomic E-state index is 6.40. The fraction of sp³-hybridized carbons (Fsp3) is 0.211. The maximum absolute atomic E-state index is 6.40. The molecular formula is C19H19Cl2N2O2+. The van der Waals surface area contributed by atoms with Crippen LogP contribution in [0, 0.1) is 0 Å². The zero-order valence-corrected chi connectivity index (χ0v) is 15.6. The first-order valence-electron chi connectivity index (χ1n) is 7.80. The first kappa shape index (κ1) is 17.6. The van der Waals surface area contributed by atoms with Crippen molar-refractivity contribution in [3.05, 3.63) is 76.3 Å². The first-order valence-corrected chi connectivity index (χ1v) is 8.55. The molecule has 25 heavy (non-hydrogen) atoms. The molecule has 0 aliphatic carbocycles. The van der Waals surface area contributed by atoms with E-state index < -0.39 is 0 Å². The van der Waals surface area contributed by atoms with Gasteiger partial charge in [-0.25, -0.2) is 9.13 Å². The van der Waals surface area contributed by atoms with E-state index in [2.05, 4.69) is 0 Å². The zero-order chi connectivity index (χ0) is 17.8. The second kappa shape index (κ2) is 7.81. The van der Waals surface area contributed by atoms with Crippen LogP contribution in [-0.2, 0) is 13.1 Å². The van der Waals surface area contributed by atoms with E-state index in [0.717, 1.165) is 22.6 Å². The van der Waals surface area contributed by atoms with Gasteiger partial charge in [-0.2, -0.15) is 0 Å². The van der Waals surface area contributed by atoms with E-state index in [1.165, 1.54) is 0 Å². The second-order valence-corrected chi connectivity index (χ2v) is 6.37. The number of rotatable bonds is 6. The molecule has 0 unspecified atom stereocenters. The molecule has 0 bridgehead atoms. The summed E-state index contributed by atoms with van der Waals surface area (Å²) in [7, 11) is 3.30. The van der Waals surface area contributed by atoms with E-state index in [-0.39, 0.29) is 0 Å². The largest absolute Gasteiger partial charge is 0.497 e. The summed E-state index contributed by atoms with van der Waals surface area (Å²) in [5.41, 5.74) is 2.23. The van der Waals surface area contributed by atoms with E-state index in [9.17, 15) is 0 Å². The zero-order valence-electron chi connectivity index (χ0n) is 14.1. The summed E-state index contributed by atoms with van der Waals surface area (Å²) in [5, 5.41) is 1.04. The summed E-state index contributed by atoms with van der Waals surface area (Å²) in [6.45, 7) is 1.27. The Morgan fingerprint density at radius 2 is 1.36 bits per heavy atom. The molecule has 0 amide bonds. The summed E-state index contributed by atoms with van der Waals surface area (Å²) in [6.07, 6.45) is 1.93. The maximum Gasteiger partial charge on any atom is 0.255 e. The Bertz CT molecular complexity index is 773. The lowest BCUT2D eigenvalue weighted by atomic mass is 10.2. The summed E-state index contributed by atoms with van der Waals surface area (Å²) >= 11 is 12.8. The van der Waals surface area contributed by atoms with Gasteiger partial charge in [0.1, 0.15) is 24.6 Å². The van der Waals surface area contributed by atoms with E-state index in [0.29, 0.717) is 23.4 Å². The van der Waals surface area contributed by atoms with Crippen LogP contribution in [0.15, 0.2) is 54.9 Å². The molecule has 0 radical (unpaired) electrons. The van der Waals surface area contributed by atoms with Crippen LogP contribution < -0.4 is 14.0 Å². The van der Waals surface area contributed by atoms with Crippen LogP contribution in [-0.4, -0.2) is 18.8 Å². The highest BCUT2D eigenvalue weighted by atomic mass is 35.5.